The molecule has 0 unspecified atom stereocenters. The highest BCUT2D eigenvalue weighted by Crippen LogP contribution is 2.18. The van der Waals surface area contributed by atoms with Crippen molar-refractivity contribution in [1.29, 1.82) is 0 Å². The fourth-order valence-electron chi connectivity index (χ4n) is 2.08. The van der Waals surface area contributed by atoms with Crippen LogP contribution in [0.15, 0.2) is 53.0 Å². The van der Waals surface area contributed by atoms with E-state index in [1.807, 2.05) is 36.4 Å². The Morgan fingerprint density at radius 2 is 1.90 bits per heavy atom. The number of amides is 1. The van der Waals surface area contributed by atoms with E-state index in [1.165, 1.54) is 5.56 Å². The van der Waals surface area contributed by atoms with Gasteiger partial charge >= 0.3 is 0 Å². The summed E-state index contributed by atoms with van der Waals surface area (Å²) < 4.78 is 1.09. The van der Waals surface area contributed by atoms with Crippen molar-refractivity contribution in [3.63, 3.8) is 0 Å². The molecular formula is C17H19BrN2O. The Labute approximate surface area is 133 Å². The Balaban J connectivity index is 1.95. The zero-order valence-corrected chi connectivity index (χ0v) is 13.8. The molecule has 0 aromatic heterocycles. The maximum atomic E-state index is 11.5. The van der Waals surface area contributed by atoms with Gasteiger partial charge in [-0.15, -0.1) is 0 Å². The van der Waals surface area contributed by atoms with Crippen LogP contribution >= 0.6 is 15.9 Å². The minimum atomic E-state index is -0.0583. The van der Waals surface area contributed by atoms with Crippen LogP contribution in [0.1, 0.15) is 34.5 Å². The van der Waals surface area contributed by atoms with Crippen molar-refractivity contribution in [1.82, 2.24) is 10.6 Å². The highest BCUT2D eigenvalue weighted by atomic mass is 79.9. The monoisotopic (exact) mass is 346 g/mol. The lowest BCUT2D eigenvalue weighted by atomic mass is 10.1. The normalized spacial score (nSPS) is 12.0. The third-order valence-corrected chi connectivity index (χ3v) is 3.90. The largest absolute Gasteiger partial charge is 0.355 e. The summed E-state index contributed by atoms with van der Waals surface area (Å²) in [6, 6.07) is 16.2. The molecular weight excluding hydrogens is 328 g/mol. The topological polar surface area (TPSA) is 41.1 Å². The molecule has 0 spiro atoms. The second-order valence-electron chi connectivity index (χ2n) is 4.93. The van der Waals surface area contributed by atoms with E-state index < -0.39 is 0 Å². The van der Waals surface area contributed by atoms with Crippen molar-refractivity contribution in [3.05, 3.63) is 69.7 Å². The zero-order valence-electron chi connectivity index (χ0n) is 12.2. The van der Waals surface area contributed by atoms with Gasteiger partial charge in [-0.05, 0) is 42.3 Å². The highest BCUT2D eigenvalue weighted by molar-refractivity contribution is 9.10. The summed E-state index contributed by atoms with van der Waals surface area (Å²) in [6.07, 6.45) is 0. The van der Waals surface area contributed by atoms with E-state index in [1.54, 1.807) is 7.05 Å². The number of hydrogen-bond donors (Lipinski definition) is 2. The standard InChI is InChI=1S/C17H19BrN2O/c1-12(15-4-3-5-16(18)10-15)20-11-13-6-8-14(9-7-13)17(21)19-2/h3-10,12,20H,11H2,1-2H3,(H,19,21)/t12-/m1/s1. The van der Waals surface area contributed by atoms with Crippen LogP contribution in [0, 0.1) is 0 Å². The molecule has 3 nitrogen and oxygen atoms in total. The molecule has 110 valence electrons. The molecule has 4 heteroatoms. The number of hydrogen-bond acceptors (Lipinski definition) is 2. The van der Waals surface area contributed by atoms with Crippen LogP contribution in [-0.4, -0.2) is 13.0 Å². The molecule has 0 aliphatic rings. The van der Waals surface area contributed by atoms with Crippen LogP contribution in [0.3, 0.4) is 0 Å². The Hall–Kier alpha value is -1.65. The highest BCUT2D eigenvalue weighted by Gasteiger charge is 2.06. The maximum Gasteiger partial charge on any atom is 0.251 e. The first-order chi connectivity index (χ1) is 10.1. The molecule has 21 heavy (non-hydrogen) atoms. The molecule has 0 aliphatic carbocycles. The molecule has 0 bridgehead atoms. The second kappa shape index (κ2) is 7.38. The van der Waals surface area contributed by atoms with Crippen molar-refractivity contribution < 1.29 is 4.79 Å². The van der Waals surface area contributed by atoms with E-state index in [9.17, 15) is 4.79 Å². The smallest absolute Gasteiger partial charge is 0.251 e. The molecule has 2 N–H and O–H groups in total. The van der Waals surface area contributed by atoms with Crippen LogP contribution in [0.5, 0.6) is 0 Å². The lowest BCUT2D eigenvalue weighted by Gasteiger charge is -2.15. The van der Waals surface area contributed by atoms with Gasteiger partial charge in [0.2, 0.25) is 0 Å². The van der Waals surface area contributed by atoms with E-state index in [4.69, 9.17) is 0 Å². The van der Waals surface area contributed by atoms with E-state index in [2.05, 4.69) is 45.6 Å². The lowest BCUT2D eigenvalue weighted by molar-refractivity contribution is 0.0963. The first-order valence-electron chi connectivity index (χ1n) is 6.90. The summed E-state index contributed by atoms with van der Waals surface area (Å²) in [4.78, 5) is 11.5. The van der Waals surface area contributed by atoms with E-state index in [0.717, 1.165) is 16.6 Å². The summed E-state index contributed by atoms with van der Waals surface area (Å²) >= 11 is 3.49. The van der Waals surface area contributed by atoms with Crippen LogP contribution in [0.25, 0.3) is 0 Å². The van der Waals surface area contributed by atoms with Crippen molar-refractivity contribution in [2.24, 2.45) is 0 Å². The maximum absolute atomic E-state index is 11.5. The SMILES string of the molecule is CNC(=O)c1ccc(CN[C@H](C)c2cccc(Br)c2)cc1. The number of halogens is 1. The first-order valence-corrected chi connectivity index (χ1v) is 7.69. The lowest BCUT2D eigenvalue weighted by Crippen LogP contribution is -2.19. The third-order valence-electron chi connectivity index (χ3n) is 3.40. The van der Waals surface area contributed by atoms with Gasteiger partial charge in [-0.1, -0.05) is 40.2 Å². The third kappa shape index (κ3) is 4.41. The van der Waals surface area contributed by atoms with Gasteiger partial charge in [0.25, 0.3) is 5.91 Å². The van der Waals surface area contributed by atoms with Crippen LogP contribution in [0.2, 0.25) is 0 Å². The van der Waals surface area contributed by atoms with Gasteiger partial charge in [0.15, 0.2) is 0 Å². The first kappa shape index (κ1) is 15.7. The van der Waals surface area contributed by atoms with Gasteiger partial charge in [-0.25, -0.2) is 0 Å². The predicted octanol–water partition coefficient (Wildman–Crippen LogP) is 3.66. The number of rotatable bonds is 5. The summed E-state index contributed by atoms with van der Waals surface area (Å²) in [7, 11) is 1.64. The van der Waals surface area contributed by atoms with Crippen molar-refractivity contribution >= 4 is 21.8 Å². The summed E-state index contributed by atoms with van der Waals surface area (Å²) in [5.74, 6) is -0.0583. The summed E-state index contributed by atoms with van der Waals surface area (Å²) in [6.45, 7) is 2.91. The van der Waals surface area contributed by atoms with Gasteiger partial charge < -0.3 is 10.6 Å². The Bertz CT molecular complexity index is 610. The van der Waals surface area contributed by atoms with E-state index in [-0.39, 0.29) is 11.9 Å². The average Bonchev–Trinajstić information content (AvgIpc) is 2.52. The van der Waals surface area contributed by atoms with Crippen molar-refractivity contribution in [3.8, 4) is 0 Å². The summed E-state index contributed by atoms with van der Waals surface area (Å²) in [5.41, 5.74) is 3.08. The number of benzene rings is 2. The molecule has 0 saturated carbocycles. The molecule has 0 aliphatic heterocycles. The minimum absolute atomic E-state index is 0.0583. The summed E-state index contributed by atoms with van der Waals surface area (Å²) in [5, 5.41) is 6.10. The molecule has 0 radical (unpaired) electrons. The molecule has 1 atom stereocenters. The number of carbonyl (C=O) groups is 1. The molecule has 0 saturated heterocycles. The van der Waals surface area contributed by atoms with Gasteiger partial charge in [0.05, 0.1) is 0 Å². The quantitative estimate of drug-likeness (QED) is 0.867. The van der Waals surface area contributed by atoms with Crippen LogP contribution in [-0.2, 0) is 6.54 Å². The number of nitrogens with one attached hydrogen (secondary N) is 2. The van der Waals surface area contributed by atoms with Crippen molar-refractivity contribution in [2.75, 3.05) is 7.05 Å². The van der Waals surface area contributed by atoms with Gasteiger partial charge in [0, 0.05) is 29.7 Å². The molecule has 1 amide bonds. The fourth-order valence-corrected chi connectivity index (χ4v) is 2.50. The van der Waals surface area contributed by atoms with Gasteiger partial charge in [0.1, 0.15) is 0 Å². The van der Waals surface area contributed by atoms with Crippen molar-refractivity contribution in [2.45, 2.75) is 19.5 Å². The Kier molecular flexibility index (Phi) is 5.53. The molecule has 0 heterocycles. The van der Waals surface area contributed by atoms with E-state index >= 15 is 0 Å². The fraction of sp³-hybridized carbons (Fsp3) is 0.235. The average molecular weight is 347 g/mol. The Morgan fingerprint density at radius 1 is 1.19 bits per heavy atom. The van der Waals surface area contributed by atoms with Gasteiger partial charge in [-0.2, -0.15) is 0 Å². The second-order valence-corrected chi connectivity index (χ2v) is 5.85. The molecule has 2 aromatic carbocycles. The molecule has 2 aromatic rings. The molecule has 2 rings (SSSR count). The number of carbonyl (C=O) groups excluding carboxylic acids is 1. The van der Waals surface area contributed by atoms with Gasteiger partial charge in [-0.3, -0.25) is 4.79 Å². The zero-order chi connectivity index (χ0) is 15.2. The molecule has 0 fully saturated rings. The van der Waals surface area contributed by atoms with Crippen LogP contribution < -0.4 is 10.6 Å². The minimum Gasteiger partial charge on any atom is -0.355 e. The van der Waals surface area contributed by atoms with Crippen LogP contribution in [0.4, 0.5) is 0 Å². The Morgan fingerprint density at radius 3 is 2.52 bits per heavy atom. The predicted molar refractivity (Wildman–Crippen MR) is 89.2 cm³/mol. The van der Waals surface area contributed by atoms with E-state index in [0.29, 0.717) is 5.56 Å².